The molecule has 4 nitrogen and oxygen atoms in total. The molecule has 0 radical (unpaired) electrons. The van der Waals surface area contributed by atoms with Crippen molar-refractivity contribution in [3.05, 3.63) is 12.1 Å². The van der Waals surface area contributed by atoms with E-state index in [1.54, 1.807) is 6.20 Å². The summed E-state index contributed by atoms with van der Waals surface area (Å²) in [5.74, 6) is 1.58. The highest BCUT2D eigenvalue weighted by molar-refractivity contribution is 6.69. The van der Waals surface area contributed by atoms with E-state index in [0.717, 1.165) is 24.6 Å². The lowest BCUT2D eigenvalue weighted by Crippen LogP contribution is -2.42. The molecule has 108 valence electrons. The minimum atomic E-state index is -1.63. The Bertz CT molecular complexity index is 417. The Kier molecular flexibility index (Phi) is 4.06. The van der Waals surface area contributed by atoms with E-state index in [4.69, 9.17) is 8.84 Å². The van der Waals surface area contributed by atoms with Gasteiger partial charge in [-0.3, -0.25) is 0 Å². The van der Waals surface area contributed by atoms with Gasteiger partial charge < -0.3 is 13.7 Å². The number of anilines is 1. The predicted molar refractivity (Wildman–Crippen MR) is 80.0 cm³/mol. The van der Waals surface area contributed by atoms with Gasteiger partial charge in [-0.15, -0.1) is 0 Å². The van der Waals surface area contributed by atoms with Gasteiger partial charge in [0.15, 0.2) is 8.32 Å². The molecule has 1 fully saturated rings. The van der Waals surface area contributed by atoms with E-state index in [9.17, 15) is 0 Å². The fourth-order valence-corrected chi connectivity index (χ4v) is 4.22. The summed E-state index contributed by atoms with van der Waals surface area (Å²) in [6.45, 7) is 6.71. The molecule has 2 rings (SSSR count). The molecule has 0 unspecified atom stereocenters. The Morgan fingerprint density at radius 2 is 1.84 bits per heavy atom. The fourth-order valence-electron chi connectivity index (χ4n) is 2.75. The number of hydrogen-bond donors (Lipinski definition) is 0. The van der Waals surface area contributed by atoms with Gasteiger partial charge in [0.25, 0.3) is 0 Å². The highest BCUT2D eigenvalue weighted by Gasteiger charge is 2.42. The number of rotatable bonds is 4. The van der Waals surface area contributed by atoms with Crippen LogP contribution in [0.25, 0.3) is 0 Å². The lowest BCUT2D eigenvalue weighted by atomic mass is 9.85. The lowest BCUT2D eigenvalue weighted by molar-refractivity contribution is -0.00593. The van der Waals surface area contributed by atoms with Crippen LogP contribution in [0.4, 0.5) is 5.88 Å². The maximum absolute atomic E-state index is 6.51. The zero-order valence-corrected chi connectivity index (χ0v) is 13.8. The maximum atomic E-state index is 6.51. The predicted octanol–water partition coefficient (Wildman–Crippen LogP) is 3.75. The third-order valence-electron chi connectivity index (χ3n) is 3.49. The van der Waals surface area contributed by atoms with E-state index in [1.165, 1.54) is 19.3 Å². The Hall–Kier alpha value is -0.813. The maximum Gasteiger partial charge on any atom is 0.228 e. The van der Waals surface area contributed by atoms with E-state index in [0.29, 0.717) is 0 Å². The van der Waals surface area contributed by atoms with Crippen molar-refractivity contribution in [3.63, 3.8) is 0 Å². The second-order valence-corrected chi connectivity index (χ2v) is 11.1. The first-order chi connectivity index (χ1) is 8.82. The average molecular weight is 282 g/mol. The first-order valence-electron chi connectivity index (χ1n) is 7.16. The first kappa shape index (κ1) is 14.6. The molecule has 0 N–H and O–H groups in total. The number of aromatic nitrogens is 1. The van der Waals surface area contributed by atoms with Gasteiger partial charge in [0.2, 0.25) is 11.8 Å². The van der Waals surface area contributed by atoms with Crippen molar-refractivity contribution in [1.82, 2.24) is 4.98 Å². The van der Waals surface area contributed by atoms with Gasteiger partial charge in [-0.25, -0.2) is 4.98 Å². The van der Waals surface area contributed by atoms with Gasteiger partial charge in [-0.05, 0) is 32.5 Å². The summed E-state index contributed by atoms with van der Waals surface area (Å²) in [4.78, 5) is 6.45. The summed E-state index contributed by atoms with van der Waals surface area (Å²) in [5.41, 5.74) is -0.281. The topological polar surface area (TPSA) is 38.5 Å². The van der Waals surface area contributed by atoms with Gasteiger partial charge >= 0.3 is 0 Å². The number of nitrogens with zero attached hydrogens (tertiary/aromatic N) is 2. The molecule has 0 aromatic carbocycles. The minimum Gasteiger partial charge on any atom is -0.422 e. The number of hydrogen-bond acceptors (Lipinski definition) is 4. The lowest BCUT2D eigenvalue weighted by Gasteiger charge is -2.39. The van der Waals surface area contributed by atoms with Crippen molar-refractivity contribution in [2.24, 2.45) is 0 Å². The zero-order chi connectivity index (χ0) is 14.1. The van der Waals surface area contributed by atoms with Crippen LogP contribution in [0.2, 0.25) is 19.6 Å². The molecule has 1 aromatic rings. The summed E-state index contributed by atoms with van der Waals surface area (Å²) >= 11 is 0. The van der Waals surface area contributed by atoms with Crippen LogP contribution in [0.5, 0.6) is 0 Å². The molecule has 19 heavy (non-hydrogen) atoms. The van der Waals surface area contributed by atoms with Gasteiger partial charge in [0.05, 0.1) is 6.20 Å². The molecule has 0 atom stereocenters. The van der Waals surface area contributed by atoms with Gasteiger partial charge in [0, 0.05) is 14.1 Å². The van der Waals surface area contributed by atoms with Crippen LogP contribution in [0.3, 0.4) is 0 Å². The second kappa shape index (κ2) is 5.29. The standard InChI is InChI=1S/C14H26N2O2Si/c1-16(2)12-11-15-13(17-12)14(18-19(3,4)5)9-7-6-8-10-14/h11H,6-10H2,1-5H3. The van der Waals surface area contributed by atoms with Gasteiger partial charge in [-0.2, -0.15) is 0 Å². The average Bonchev–Trinajstić information content (AvgIpc) is 2.77. The summed E-state index contributed by atoms with van der Waals surface area (Å²) in [6.07, 6.45) is 7.56. The van der Waals surface area contributed by atoms with Crippen molar-refractivity contribution in [1.29, 1.82) is 0 Å². The van der Waals surface area contributed by atoms with E-state index >= 15 is 0 Å². The van der Waals surface area contributed by atoms with Crippen LogP contribution in [0.15, 0.2) is 10.6 Å². The molecule has 5 heteroatoms. The van der Waals surface area contributed by atoms with Crippen LogP contribution >= 0.6 is 0 Å². The largest absolute Gasteiger partial charge is 0.422 e. The molecule has 0 bridgehead atoms. The van der Waals surface area contributed by atoms with Crippen molar-refractivity contribution >= 4 is 14.2 Å². The molecular weight excluding hydrogens is 256 g/mol. The van der Waals surface area contributed by atoms with Crippen LogP contribution < -0.4 is 4.90 Å². The summed E-state index contributed by atoms with van der Waals surface area (Å²) < 4.78 is 12.5. The highest BCUT2D eigenvalue weighted by Crippen LogP contribution is 2.42. The van der Waals surface area contributed by atoms with Crippen LogP contribution in [0.1, 0.15) is 38.0 Å². The molecule has 0 aliphatic heterocycles. The molecule has 1 aromatic heterocycles. The van der Waals surface area contributed by atoms with Gasteiger partial charge in [0.1, 0.15) is 5.60 Å². The smallest absolute Gasteiger partial charge is 0.228 e. The molecule has 0 spiro atoms. The van der Waals surface area contributed by atoms with Crippen molar-refractivity contribution in [3.8, 4) is 0 Å². The van der Waals surface area contributed by atoms with E-state index in [1.807, 2.05) is 19.0 Å². The molecular formula is C14H26N2O2Si. The summed E-state index contributed by atoms with van der Waals surface area (Å²) in [7, 11) is 2.31. The normalized spacial score (nSPS) is 19.4. The van der Waals surface area contributed by atoms with Crippen molar-refractivity contribution < 1.29 is 8.84 Å². The molecule has 1 heterocycles. The molecule has 1 aliphatic carbocycles. The van der Waals surface area contributed by atoms with Crippen LogP contribution in [0, 0.1) is 0 Å². The third-order valence-corrected chi connectivity index (χ3v) is 4.49. The Morgan fingerprint density at radius 3 is 2.32 bits per heavy atom. The molecule has 0 saturated heterocycles. The van der Waals surface area contributed by atoms with Crippen LogP contribution in [-0.2, 0) is 10.0 Å². The quantitative estimate of drug-likeness (QED) is 0.788. The molecule has 0 amide bonds. The van der Waals surface area contributed by atoms with E-state index in [-0.39, 0.29) is 5.60 Å². The Morgan fingerprint density at radius 1 is 1.21 bits per heavy atom. The van der Waals surface area contributed by atoms with Crippen LogP contribution in [-0.4, -0.2) is 27.4 Å². The fraction of sp³-hybridized carbons (Fsp3) is 0.786. The highest BCUT2D eigenvalue weighted by atomic mass is 28.4. The monoisotopic (exact) mass is 282 g/mol. The molecule has 1 aliphatic rings. The van der Waals surface area contributed by atoms with Gasteiger partial charge in [-0.1, -0.05) is 19.3 Å². The minimum absolute atomic E-state index is 0.281. The Balaban J connectivity index is 2.30. The Labute approximate surface area is 117 Å². The first-order valence-corrected chi connectivity index (χ1v) is 10.6. The summed E-state index contributed by atoms with van der Waals surface area (Å²) in [6, 6.07) is 0. The van der Waals surface area contributed by atoms with E-state index < -0.39 is 8.32 Å². The SMILES string of the molecule is CN(C)c1cnc(C2(O[Si](C)(C)C)CCCCC2)o1. The number of oxazole rings is 1. The van der Waals surface area contributed by atoms with Crippen molar-refractivity contribution in [2.75, 3.05) is 19.0 Å². The second-order valence-electron chi connectivity index (χ2n) is 6.67. The van der Waals surface area contributed by atoms with Crippen molar-refractivity contribution in [2.45, 2.75) is 57.3 Å². The third kappa shape index (κ3) is 3.39. The molecule has 1 saturated carbocycles. The summed E-state index contributed by atoms with van der Waals surface area (Å²) in [5, 5.41) is 0. The van der Waals surface area contributed by atoms with E-state index in [2.05, 4.69) is 24.6 Å². The zero-order valence-electron chi connectivity index (χ0n) is 12.8.